The zero-order valence-electron chi connectivity index (χ0n) is 18.6. The second-order valence-electron chi connectivity index (χ2n) is 7.58. The van der Waals surface area contributed by atoms with Gasteiger partial charge in [0.1, 0.15) is 0 Å². The molecule has 8 nitrogen and oxygen atoms in total. The van der Waals surface area contributed by atoms with E-state index < -0.39 is 0 Å². The molecule has 1 aromatic heterocycles. The van der Waals surface area contributed by atoms with Gasteiger partial charge < -0.3 is 10.6 Å². The number of amides is 2. The lowest BCUT2D eigenvalue weighted by molar-refractivity contribution is -0.113. The molecule has 172 valence electrons. The average molecular weight is 473 g/mol. The van der Waals surface area contributed by atoms with E-state index in [1.165, 1.54) is 16.4 Å². The minimum absolute atomic E-state index is 0.0477. The molecule has 0 spiro atoms. The van der Waals surface area contributed by atoms with Gasteiger partial charge in [0.05, 0.1) is 5.75 Å². The number of benzene rings is 3. The number of carbonyl (C=O) groups excluding carboxylic acids is 2. The van der Waals surface area contributed by atoms with Crippen LogP contribution in [0.1, 0.15) is 27.4 Å². The van der Waals surface area contributed by atoms with E-state index in [-0.39, 0.29) is 23.5 Å². The molecular weight excluding hydrogens is 448 g/mol. The molecule has 1 heterocycles. The van der Waals surface area contributed by atoms with Crippen LogP contribution >= 0.6 is 11.8 Å². The molecule has 3 aromatic carbocycles. The monoisotopic (exact) mass is 472 g/mol. The van der Waals surface area contributed by atoms with Crippen LogP contribution in [0.5, 0.6) is 0 Å². The topological polar surface area (TPSA) is 102 Å². The Morgan fingerprint density at radius 1 is 0.912 bits per heavy atom. The van der Waals surface area contributed by atoms with E-state index in [0.29, 0.717) is 23.0 Å². The second kappa shape index (κ2) is 11.2. The predicted molar refractivity (Wildman–Crippen MR) is 132 cm³/mol. The van der Waals surface area contributed by atoms with Crippen LogP contribution in [0, 0.1) is 0 Å². The Morgan fingerprint density at radius 3 is 2.09 bits per heavy atom. The Bertz CT molecular complexity index is 1190. The molecular formula is C25H24N6O2S. The first kappa shape index (κ1) is 23.2. The maximum absolute atomic E-state index is 12.8. The Labute approximate surface area is 201 Å². The number of aromatic nitrogens is 4. The van der Waals surface area contributed by atoms with E-state index in [1.807, 2.05) is 36.4 Å². The van der Waals surface area contributed by atoms with E-state index in [4.69, 9.17) is 0 Å². The molecule has 0 unspecified atom stereocenters. The third kappa shape index (κ3) is 6.08. The summed E-state index contributed by atoms with van der Waals surface area (Å²) in [5.41, 5.74) is 3.42. The molecule has 0 radical (unpaired) electrons. The molecule has 0 saturated carbocycles. The molecule has 0 aliphatic rings. The first-order valence-electron chi connectivity index (χ1n) is 10.7. The van der Waals surface area contributed by atoms with Crippen molar-refractivity contribution in [3.05, 3.63) is 102 Å². The standard InChI is InChI=1S/C25H24N6O2S/c1-31-25(28-29-30-31)34-17-23(32)27-21-14-12-20(13-15-21)24(33)26-16-22(18-8-4-2-5-9-18)19-10-6-3-7-11-19/h2-15,22H,16-17H2,1H3,(H,26,33)(H,27,32). The lowest BCUT2D eigenvalue weighted by Gasteiger charge is -2.19. The van der Waals surface area contributed by atoms with Gasteiger partial charge in [-0.25, -0.2) is 4.68 Å². The van der Waals surface area contributed by atoms with E-state index >= 15 is 0 Å². The number of anilines is 1. The van der Waals surface area contributed by atoms with Gasteiger partial charge in [-0.2, -0.15) is 0 Å². The normalized spacial score (nSPS) is 10.8. The number of rotatable bonds is 9. The van der Waals surface area contributed by atoms with Gasteiger partial charge in [0.25, 0.3) is 5.91 Å². The van der Waals surface area contributed by atoms with E-state index in [2.05, 4.69) is 50.4 Å². The third-order valence-corrected chi connectivity index (χ3v) is 6.23. The number of nitrogens with one attached hydrogen (secondary N) is 2. The SMILES string of the molecule is Cn1nnnc1SCC(=O)Nc1ccc(C(=O)NCC(c2ccccc2)c2ccccc2)cc1. The Morgan fingerprint density at radius 2 is 1.53 bits per heavy atom. The third-order valence-electron chi connectivity index (χ3n) is 5.22. The Kier molecular flexibility index (Phi) is 7.67. The summed E-state index contributed by atoms with van der Waals surface area (Å²) in [6.45, 7) is 0.472. The van der Waals surface area contributed by atoms with Crippen molar-refractivity contribution in [3.63, 3.8) is 0 Å². The highest BCUT2D eigenvalue weighted by atomic mass is 32.2. The van der Waals surface area contributed by atoms with Crippen molar-refractivity contribution >= 4 is 29.3 Å². The number of nitrogens with zero attached hydrogens (tertiary/aromatic N) is 4. The molecule has 4 aromatic rings. The fourth-order valence-electron chi connectivity index (χ4n) is 3.47. The molecule has 34 heavy (non-hydrogen) atoms. The highest BCUT2D eigenvalue weighted by molar-refractivity contribution is 7.99. The molecule has 0 aliphatic carbocycles. The maximum atomic E-state index is 12.8. The number of thioether (sulfide) groups is 1. The van der Waals surface area contributed by atoms with E-state index in [0.717, 1.165) is 11.1 Å². The molecule has 9 heteroatoms. The van der Waals surface area contributed by atoms with Crippen molar-refractivity contribution in [1.29, 1.82) is 0 Å². The van der Waals surface area contributed by atoms with Gasteiger partial charge in [0, 0.05) is 30.8 Å². The van der Waals surface area contributed by atoms with Gasteiger partial charge >= 0.3 is 0 Å². The Balaban J connectivity index is 1.34. The maximum Gasteiger partial charge on any atom is 0.251 e. The first-order valence-corrected chi connectivity index (χ1v) is 11.7. The molecule has 0 fully saturated rings. The second-order valence-corrected chi connectivity index (χ2v) is 8.53. The van der Waals surface area contributed by atoms with Gasteiger partial charge in [-0.05, 0) is 45.8 Å². The quantitative estimate of drug-likeness (QED) is 0.362. The van der Waals surface area contributed by atoms with Crippen LogP contribution in [-0.4, -0.2) is 44.3 Å². The lowest BCUT2D eigenvalue weighted by atomic mass is 9.91. The Hall–Kier alpha value is -3.98. The predicted octanol–water partition coefficient (Wildman–Crippen LogP) is 3.50. The number of aryl methyl sites for hydroxylation is 1. The van der Waals surface area contributed by atoms with Crippen molar-refractivity contribution in [1.82, 2.24) is 25.5 Å². The van der Waals surface area contributed by atoms with Crippen molar-refractivity contribution < 1.29 is 9.59 Å². The molecule has 2 N–H and O–H groups in total. The minimum Gasteiger partial charge on any atom is -0.351 e. The first-order chi connectivity index (χ1) is 16.6. The van der Waals surface area contributed by atoms with Crippen LogP contribution in [0.25, 0.3) is 0 Å². The molecule has 0 bridgehead atoms. The van der Waals surface area contributed by atoms with Crippen LogP contribution in [0.15, 0.2) is 90.1 Å². The summed E-state index contributed by atoms with van der Waals surface area (Å²) in [4.78, 5) is 25.0. The highest BCUT2D eigenvalue weighted by Crippen LogP contribution is 2.24. The van der Waals surface area contributed by atoms with Crippen molar-refractivity contribution in [2.45, 2.75) is 11.1 Å². The number of carbonyl (C=O) groups is 2. The summed E-state index contributed by atoms with van der Waals surface area (Å²) < 4.78 is 1.51. The smallest absolute Gasteiger partial charge is 0.251 e. The van der Waals surface area contributed by atoms with Crippen LogP contribution in [0.3, 0.4) is 0 Å². The molecule has 0 aliphatic heterocycles. The molecule has 0 atom stereocenters. The summed E-state index contributed by atoms with van der Waals surface area (Å²) in [6, 6.07) is 27.1. The summed E-state index contributed by atoms with van der Waals surface area (Å²) in [5.74, 6) is -0.123. The summed E-state index contributed by atoms with van der Waals surface area (Å²) in [5, 5.41) is 17.5. The largest absolute Gasteiger partial charge is 0.351 e. The van der Waals surface area contributed by atoms with Crippen LogP contribution in [-0.2, 0) is 11.8 Å². The van der Waals surface area contributed by atoms with E-state index in [1.54, 1.807) is 31.3 Å². The zero-order valence-corrected chi connectivity index (χ0v) is 19.4. The van der Waals surface area contributed by atoms with Crippen LogP contribution in [0.2, 0.25) is 0 Å². The summed E-state index contributed by atoms with van der Waals surface area (Å²) >= 11 is 1.25. The highest BCUT2D eigenvalue weighted by Gasteiger charge is 2.16. The van der Waals surface area contributed by atoms with E-state index in [9.17, 15) is 9.59 Å². The van der Waals surface area contributed by atoms with Crippen LogP contribution in [0.4, 0.5) is 5.69 Å². The van der Waals surface area contributed by atoms with Gasteiger partial charge in [0.2, 0.25) is 11.1 Å². The van der Waals surface area contributed by atoms with Gasteiger partial charge in [-0.3, -0.25) is 9.59 Å². The van der Waals surface area contributed by atoms with Gasteiger partial charge in [-0.1, -0.05) is 72.4 Å². The lowest BCUT2D eigenvalue weighted by Crippen LogP contribution is -2.29. The van der Waals surface area contributed by atoms with Gasteiger partial charge in [-0.15, -0.1) is 5.10 Å². The number of hydrogen-bond acceptors (Lipinski definition) is 6. The average Bonchev–Trinajstić information content (AvgIpc) is 3.29. The number of hydrogen-bond donors (Lipinski definition) is 2. The minimum atomic E-state index is -0.182. The van der Waals surface area contributed by atoms with Crippen LogP contribution < -0.4 is 10.6 Å². The molecule has 4 rings (SSSR count). The summed E-state index contributed by atoms with van der Waals surface area (Å²) in [7, 11) is 1.71. The fraction of sp³-hybridized carbons (Fsp3) is 0.160. The van der Waals surface area contributed by atoms with Gasteiger partial charge in [0.15, 0.2) is 0 Å². The summed E-state index contributed by atoms with van der Waals surface area (Å²) in [6.07, 6.45) is 0. The zero-order chi connectivity index (χ0) is 23.8. The number of tetrazole rings is 1. The van der Waals surface area contributed by atoms with Crippen molar-refractivity contribution in [2.24, 2.45) is 7.05 Å². The van der Waals surface area contributed by atoms with Crippen molar-refractivity contribution in [2.75, 3.05) is 17.6 Å². The molecule has 2 amide bonds. The molecule has 0 saturated heterocycles. The van der Waals surface area contributed by atoms with Crippen molar-refractivity contribution in [3.8, 4) is 0 Å². The fourth-order valence-corrected chi connectivity index (χ4v) is 4.12.